The number of ether oxygens (including phenoxy) is 1. The second-order valence-corrected chi connectivity index (χ2v) is 4.03. The van der Waals surface area contributed by atoms with Crippen LogP contribution in [0.5, 0.6) is 5.75 Å². The maximum Gasteiger partial charge on any atom is 0.227 e. The maximum absolute atomic E-state index is 11.2. The molecule has 1 amide bonds. The predicted molar refractivity (Wildman–Crippen MR) is 65.1 cm³/mol. The number of Topliss-reactive ketones (excluding diaryl/α,β-unsaturated/α-hetero) is 1. The van der Waals surface area contributed by atoms with Crippen molar-refractivity contribution < 1.29 is 14.3 Å². The summed E-state index contributed by atoms with van der Waals surface area (Å²) in [5, 5.41) is 3.13. The minimum atomic E-state index is -0.288. The molecule has 1 aromatic carbocycles. The quantitative estimate of drug-likeness (QED) is 0.818. The molecule has 0 fully saturated rings. The van der Waals surface area contributed by atoms with Gasteiger partial charge in [-0.2, -0.15) is 0 Å². The molecule has 0 aliphatic carbocycles. The van der Waals surface area contributed by atoms with Crippen LogP contribution in [0.25, 0.3) is 0 Å². The zero-order valence-corrected chi connectivity index (χ0v) is 10.5. The van der Waals surface area contributed by atoms with Crippen molar-refractivity contribution >= 4 is 23.3 Å². The molecule has 5 heteroatoms. The number of carbonyl (C=O) groups is 2. The molecule has 0 spiro atoms. The summed E-state index contributed by atoms with van der Waals surface area (Å²) in [6, 6.07) is 5.25. The lowest BCUT2D eigenvalue weighted by Gasteiger charge is -2.07. The van der Waals surface area contributed by atoms with Crippen LogP contribution in [0.15, 0.2) is 18.2 Å². The summed E-state index contributed by atoms with van der Waals surface area (Å²) in [6.45, 7) is 1.72. The number of benzene rings is 1. The van der Waals surface area contributed by atoms with Gasteiger partial charge < -0.3 is 10.1 Å². The summed E-state index contributed by atoms with van der Waals surface area (Å²) in [4.78, 5) is 21.9. The molecule has 0 heterocycles. The third-order valence-corrected chi connectivity index (χ3v) is 2.41. The van der Waals surface area contributed by atoms with E-state index in [2.05, 4.69) is 5.32 Å². The lowest BCUT2D eigenvalue weighted by molar-refractivity contribution is -0.127. The predicted octanol–water partition coefficient (Wildman–Crippen LogP) is 1.94. The number of hydrogen-bond acceptors (Lipinski definition) is 3. The first-order valence-corrected chi connectivity index (χ1v) is 5.49. The number of nitrogens with one attached hydrogen (secondary N) is 1. The lowest BCUT2D eigenvalue weighted by Crippen LogP contribution is -2.24. The second kappa shape index (κ2) is 6.25. The molecule has 0 saturated carbocycles. The van der Waals surface area contributed by atoms with E-state index in [-0.39, 0.29) is 18.1 Å². The van der Waals surface area contributed by atoms with Gasteiger partial charge in [0.15, 0.2) is 0 Å². The Morgan fingerprint density at radius 1 is 1.41 bits per heavy atom. The fourth-order valence-electron chi connectivity index (χ4n) is 1.31. The molecule has 1 rings (SSSR count). The average Bonchev–Trinajstić information content (AvgIpc) is 2.25. The molecule has 0 aliphatic heterocycles. The molecule has 17 heavy (non-hydrogen) atoms. The number of methoxy groups -OCH3 is 1. The molecule has 1 aromatic rings. The van der Waals surface area contributed by atoms with Crippen LogP contribution >= 0.6 is 11.6 Å². The van der Waals surface area contributed by atoms with E-state index in [4.69, 9.17) is 16.3 Å². The van der Waals surface area contributed by atoms with Gasteiger partial charge in [0.05, 0.1) is 18.6 Å². The molecule has 0 bridgehead atoms. The van der Waals surface area contributed by atoms with Gasteiger partial charge in [0.25, 0.3) is 0 Å². The van der Waals surface area contributed by atoms with Crippen molar-refractivity contribution in [2.75, 3.05) is 7.11 Å². The van der Waals surface area contributed by atoms with E-state index in [0.717, 1.165) is 5.56 Å². The van der Waals surface area contributed by atoms with Gasteiger partial charge in [-0.1, -0.05) is 17.7 Å². The Kier molecular flexibility index (Phi) is 4.97. The largest absolute Gasteiger partial charge is 0.495 e. The number of halogens is 1. The third kappa shape index (κ3) is 4.44. The van der Waals surface area contributed by atoms with Crippen LogP contribution in [0, 0.1) is 0 Å². The molecule has 0 saturated heterocycles. The van der Waals surface area contributed by atoms with E-state index in [1.54, 1.807) is 18.2 Å². The third-order valence-electron chi connectivity index (χ3n) is 2.12. The van der Waals surface area contributed by atoms with E-state index in [1.807, 2.05) is 0 Å². The summed E-state index contributed by atoms with van der Waals surface area (Å²) in [7, 11) is 1.54. The molecule has 0 aromatic heterocycles. The van der Waals surface area contributed by atoms with Gasteiger partial charge in [-0.25, -0.2) is 0 Å². The first-order valence-electron chi connectivity index (χ1n) is 5.11. The highest BCUT2D eigenvalue weighted by Gasteiger charge is 2.06. The monoisotopic (exact) mass is 255 g/mol. The zero-order chi connectivity index (χ0) is 12.8. The molecule has 92 valence electrons. The van der Waals surface area contributed by atoms with Crippen molar-refractivity contribution in [1.82, 2.24) is 5.32 Å². The van der Waals surface area contributed by atoms with Crippen molar-refractivity contribution in [2.24, 2.45) is 0 Å². The van der Waals surface area contributed by atoms with Crippen LogP contribution in [-0.2, 0) is 16.1 Å². The highest BCUT2D eigenvalue weighted by Crippen LogP contribution is 2.24. The van der Waals surface area contributed by atoms with Gasteiger partial charge in [0.1, 0.15) is 11.5 Å². The zero-order valence-electron chi connectivity index (χ0n) is 9.75. The normalized spacial score (nSPS) is 9.82. The van der Waals surface area contributed by atoms with E-state index >= 15 is 0 Å². The topological polar surface area (TPSA) is 55.4 Å². The Morgan fingerprint density at radius 3 is 2.65 bits per heavy atom. The first-order chi connectivity index (χ1) is 8.02. The molecule has 1 N–H and O–H groups in total. The number of rotatable bonds is 5. The maximum atomic E-state index is 11.2. The highest BCUT2D eigenvalue weighted by atomic mass is 35.5. The van der Waals surface area contributed by atoms with Crippen LogP contribution in [0.1, 0.15) is 18.9 Å². The Balaban J connectivity index is 2.55. The van der Waals surface area contributed by atoms with Crippen LogP contribution in [0.3, 0.4) is 0 Å². The van der Waals surface area contributed by atoms with Crippen molar-refractivity contribution in [1.29, 1.82) is 0 Å². The second-order valence-electron chi connectivity index (χ2n) is 3.62. The minimum Gasteiger partial charge on any atom is -0.495 e. The molecule has 4 nitrogen and oxygen atoms in total. The van der Waals surface area contributed by atoms with E-state index in [0.29, 0.717) is 17.3 Å². The van der Waals surface area contributed by atoms with Crippen LogP contribution in [-0.4, -0.2) is 18.8 Å². The average molecular weight is 256 g/mol. The molecule has 0 atom stereocenters. The van der Waals surface area contributed by atoms with Crippen LogP contribution < -0.4 is 10.1 Å². The number of amides is 1. The smallest absolute Gasteiger partial charge is 0.227 e. The van der Waals surface area contributed by atoms with Gasteiger partial charge in [0.2, 0.25) is 5.91 Å². The number of carbonyl (C=O) groups excluding carboxylic acids is 2. The number of hydrogen-bond donors (Lipinski definition) is 1. The van der Waals surface area contributed by atoms with E-state index < -0.39 is 0 Å². The Morgan fingerprint density at radius 2 is 2.12 bits per heavy atom. The standard InChI is InChI=1S/C12H14ClNO3/c1-8(15)5-12(16)14-7-9-3-4-11(17-2)10(13)6-9/h3-4,6H,5,7H2,1-2H3,(H,14,16). The fraction of sp³-hybridized carbons (Fsp3) is 0.333. The van der Waals surface area contributed by atoms with Gasteiger partial charge in [-0.15, -0.1) is 0 Å². The fourth-order valence-corrected chi connectivity index (χ4v) is 1.59. The summed E-state index contributed by atoms with van der Waals surface area (Å²) in [6.07, 6.45) is -0.0934. The van der Waals surface area contributed by atoms with Crippen LogP contribution in [0.2, 0.25) is 5.02 Å². The van der Waals surface area contributed by atoms with Crippen molar-refractivity contribution in [2.45, 2.75) is 19.9 Å². The molecule has 0 unspecified atom stereocenters. The Labute approximate surface area is 105 Å². The minimum absolute atomic E-state index is 0.0934. The van der Waals surface area contributed by atoms with Gasteiger partial charge in [-0.05, 0) is 24.6 Å². The first kappa shape index (κ1) is 13.5. The van der Waals surface area contributed by atoms with Crippen molar-refractivity contribution in [3.63, 3.8) is 0 Å². The highest BCUT2D eigenvalue weighted by molar-refractivity contribution is 6.32. The van der Waals surface area contributed by atoms with Gasteiger partial charge in [0, 0.05) is 6.54 Å². The Bertz CT molecular complexity index is 432. The van der Waals surface area contributed by atoms with E-state index in [9.17, 15) is 9.59 Å². The summed E-state index contributed by atoms with van der Waals surface area (Å²) in [5.41, 5.74) is 0.854. The van der Waals surface area contributed by atoms with Crippen molar-refractivity contribution in [3.05, 3.63) is 28.8 Å². The number of ketones is 1. The molecular weight excluding hydrogens is 242 g/mol. The summed E-state index contributed by atoms with van der Waals surface area (Å²) in [5.74, 6) is 0.144. The molecule has 0 radical (unpaired) electrons. The summed E-state index contributed by atoms with van der Waals surface area (Å²) < 4.78 is 5.01. The molecule has 0 aliphatic rings. The summed E-state index contributed by atoms with van der Waals surface area (Å²) >= 11 is 5.94. The van der Waals surface area contributed by atoms with Crippen LogP contribution in [0.4, 0.5) is 0 Å². The molecular formula is C12H14ClNO3. The van der Waals surface area contributed by atoms with Gasteiger partial charge in [-0.3, -0.25) is 9.59 Å². The van der Waals surface area contributed by atoms with E-state index in [1.165, 1.54) is 14.0 Å². The Hall–Kier alpha value is -1.55. The van der Waals surface area contributed by atoms with Crippen molar-refractivity contribution in [3.8, 4) is 5.75 Å². The lowest BCUT2D eigenvalue weighted by atomic mass is 10.2. The van der Waals surface area contributed by atoms with Gasteiger partial charge >= 0.3 is 0 Å². The SMILES string of the molecule is COc1ccc(CNC(=O)CC(C)=O)cc1Cl.